The van der Waals surface area contributed by atoms with Crippen molar-refractivity contribution >= 4 is 12.0 Å². The number of nitrogens with one attached hydrogen (secondary N) is 1. The second-order valence-corrected chi connectivity index (χ2v) is 7.91. The number of amides is 2. The fourth-order valence-electron chi connectivity index (χ4n) is 4.10. The van der Waals surface area contributed by atoms with Crippen LogP contribution in [0.1, 0.15) is 29.5 Å². The number of alkyl carbamates (subject to hydrolysis) is 1. The zero-order chi connectivity index (χ0) is 20.1. The van der Waals surface area contributed by atoms with E-state index in [2.05, 4.69) is 5.32 Å². The molecule has 2 amide bonds. The van der Waals surface area contributed by atoms with Crippen molar-refractivity contribution in [1.29, 1.82) is 0 Å². The Morgan fingerprint density at radius 3 is 2.64 bits per heavy atom. The van der Waals surface area contributed by atoms with E-state index < -0.39 is 17.8 Å². The highest BCUT2D eigenvalue weighted by molar-refractivity contribution is 5.82. The molecular formula is C19H21F3N2O4. The van der Waals surface area contributed by atoms with Gasteiger partial charge in [-0.3, -0.25) is 4.79 Å². The quantitative estimate of drug-likeness (QED) is 0.847. The maximum atomic E-state index is 12.8. The summed E-state index contributed by atoms with van der Waals surface area (Å²) in [5.74, 6) is -0.0579. The van der Waals surface area contributed by atoms with Crippen LogP contribution in [0.5, 0.6) is 0 Å². The van der Waals surface area contributed by atoms with E-state index in [9.17, 15) is 22.8 Å². The Kier molecular flexibility index (Phi) is 4.52. The number of halogens is 3. The lowest BCUT2D eigenvalue weighted by Crippen LogP contribution is -2.62. The molecule has 1 aromatic rings. The molecule has 152 valence electrons. The van der Waals surface area contributed by atoms with Crippen molar-refractivity contribution in [2.24, 2.45) is 5.92 Å². The van der Waals surface area contributed by atoms with Crippen molar-refractivity contribution in [3.05, 3.63) is 34.9 Å². The van der Waals surface area contributed by atoms with Gasteiger partial charge in [0.2, 0.25) is 5.91 Å². The van der Waals surface area contributed by atoms with E-state index in [1.807, 2.05) is 0 Å². The van der Waals surface area contributed by atoms with Crippen molar-refractivity contribution in [1.82, 2.24) is 10.2 Å². The number of carbonyl (C=O) groups excluding carboxylic acids is 2. The number of hydrogen-bond donors (Lipinski definition) is 1. The Hall–Kier alpha value is -2.29. The van der Waals surface area contributed by atoms with Gasteiger partial charge < -0.3 is 19.7 Å². The average Bonchev–Trinajstić information content (AvgIpc) is 2.93. The van der Waals surface area contributed by atoms with Crippen molar-refractivity contribution in [3.63, 3.8) is 0 Å². The zero-order valence-electron chi connectivity index (χ0n) is 15.3. The summed E-state index contributed by atoms with van der Waals surface area (Å²) < 4.78 is 49.0. The van der Waals surface area contributed by atoms with E-state index in [1.54, 1.807) is 4.90 Å². The number of likely N-dealkylation sites (tertiary alicyclic amines) is 1. The van der Waals surface area contributed by atoms with Crippen LogP contribution in [0.25, 0.3) is 0 Å². The SMILES string of the molecule is Cc1cc(COC2CN(C(=O)C3CC4(COC(=O)N4)C3)C2)ccc1C(F)(F)F. The lowest BCUT2D eigenvalue weighted by atomic mass is 9.68. The summed E-state index contributed by atoms with van der Waals surface area (Å²) in [6.07, 6.45) is -3.72. The van der Waals surface area contributed by atoms with Crippen molar-refractivity contribution in [2.45, 2.75) is 44.2 Å². The van der Waals surface area contributed by atoms with Gasteiger partial charge in [0.05, 0.1) is 23.8 Å². The van der Waals surface area contributed by atoms with Crippen molar-refractivity contribution in [2.75, 3.05) is 19.7 Å². The number of rotatable bonds is 4. The predicted octanol–water partition coefficient (Wildman–Crippen LogP) is 2.63. The number of aryl methyl sites for hydroxylation is 1. The van der Waals surface area contributed by atoms with E-state index >= 15 is 0 Å². The van der Waals surface area contributed by atoms with Gasteiger partial charge in [0.15, 0.2) is 0 Å². The molecule has 0 unspecified atom stereocenters. The van der Waals surface area contributed by atoms with Gasteiger partial charge in [0, 0.05) is 19.0 Å². The molecule has 0 bridgehead atoms. The molecule has 0 aromatic heterocycles. The van der Waals surface area contributed by atoms with Crippen LogP contribution in [0.2, 0.25) is 0 Å². The molecule has 1 aliphatic carbocycles. The molecule has 2 saturated heterocycles. The minimum Gasteiger partial charge on any atom is -0.447 e. The number of alkyl halides is 3. The van der Waals surface area contributed by atoms with Crippen molar-refractivity contribution < 1.29 is 32.2 Å². The van der Waals surface area contributed by atoms with Crippen LogP contribution in [-0.2, 0) is 27.1 Å². The van der Waals surface area contributed by atoms with Crippen LogP contribution in [-0.4, -0.2) is 48.2 Å². The van der Waals surface area contributed by atoms with Gasteiger partial charge in [0.1, 0.15) is 6.61 Å². The summed E-state index contributed by atoms with van der Waals surface area (Å²) in [5.41, 5.74) is -0.175. The van der Waals surface area contributed by atoms with E-state index in [-0.39, 0.29) is 35.6 Å². The summed E-state index contributed by atoms with van der Waals surface area (Å²) in [4.78, 5) is 25.3. The molecule has 1 aromatic carbocycles. The van der Waals surface area contributed by atoms with Gasteiger partial charge in [-0.15, -0.1) is 0 Å². The Morgan fingerprint density at radius 2 is 2.07 bits per heavy atom. The molecule has 1 saturated carbocycles. The summed E-state index contributed by atoms with van der Waals surface area (Å²) in [7, 11) is 0. The molecule has 0 radical (unpaired) electrons. The highest BCUT2D eigenvalue weighted by Gasteiger charge is 2.54. The fraction of sp³-hybridized carbons (Fsp3) is 0.579. The first-order valence-corrected chi connectivity index (χ1v) is 9.17. The van der Waals surface area contributed by atoms with E-state index in [0.717, 1.165) is 6.07 Å². The monoisotopic (exact) mass is 398 g/mol. The molecule has 28 heavy (non-hydrogen) atoms. The smallest absolute Gasteiger partial charge is 0.416 e. The third kappa shape index (κ3) is 3.55. The fourth-order valence-corrected chi connectivity index (χ4v) is 4.10. The van der Waals surface area contributed by atoms with Gasteiger partial charge in [-0.1, -0.05) is 12.1 Å². The minimum absolute atomic E-state index is 0.0528. The molecule has 3 aliphatic rings. The molecule has 0 atom stereocenters. The number of cyclic esters (lactones) is 1. The molecule has 3 fully saturated rings. The second kappa shape index (κ2) is 6.65. The average molecular weight is 398 g/mol. The summed E-state index contributed by atoms with van der Waals surface area (Å²) >= 11 is 0. The maximum absolute atomic E-state index is 12.8. The topological polar surface area (TPSA) is 67.9 Å². The molecule has 4 rings (SSSR count). The van der Waals surface area contributed by atoms with Crippen LogP contribution in [0, 0.1) is 12.8 Å². The maximum Gasteiger partial charge on any atom is 0.416 e. The summed E-state index contributed by atoms with van der Waals surface area (Å²) in [6, 6.07) is 3.97. The molecule has 2 aliphatic heterocycles. The van der Waals surface area contributed by atoms with Gasteiger partial charge >= 0.3 is 12.3 Å². The standard InChI is InChI=1S/C19H21F3N2O4/c1-11-4-12(2-3-15(11)19(20,21)22)9-27-14-7-24(8-14)16(25)13-5-18(6-13)10-28-17(26)23-18/h2-4,13-14H,5-10H2,1H3,(H,23,26). The Balaban J connectivity index is 1.21. The Bertz CT molecular complexity index is 799. The normalized spacial score (nSPS) is 27.2. The van der Waals surface area contributed by atoms with Gasteiger partial charge in [-0.2, -0.15) is 13.2 Å². The summed E-state index contributed by atoms with van der Waals surface area (Å²) in [5, 5.41) is 2.76. The first-order chi connectivity index (χ1) is 13.2. The third-order valence-electron chi connectivity index (χ3n) is 5.71. The van der Waals surface area contributed by atoms with Crippen LogP contribution in [0.4, 0.5) is 18.0 Å². The lowest BCUT2D eigenvalue weighted by Gasteiger charge is -2.47. The molecular weight excluding hydrogens is 377 g/mol. The van der Waals surface area contributed by atoms with Crippen LogP contribution >= 0.6 is 0 Å². The third-order valence-corrected chi connectivity index (χ3v) is 5.71. The minimum atomic E-state index is -4.36. The van der Waals surface area contributed by atoms with E-state index in [0.29, 0.717) is 38.1 Å². The Labute approximate surface area is 160 Å². The second-order valence-electron chi connectivity index (χ2n) is 7.91. The van der Waals surface area contributed by atoms with Gasteiger partial charge in [-0.25, -0.2) is 4.79 Å². The number of ether oxygens (including phenoxy) is 2. The zero-order valence-corrected chi connectivity index (χ0v) is 15.3. The molecule has 1 spiro atoms. The molecule has 6 nitrogen and oxygen atoms in total. The van der Waals surface area contributed by atoms with Gasteiger partial charge in [-0.05, 0) is 37.0 Å². The van der Waals surface area contributed by atoms with Crippen LogP contribution < -0.4 is 5.32 Å². The number of benzene rings is 1. The molecule has 2 heterocycles. The lowest BCUT2D eigenvalue weighted by molar-refractivity contribution is -0.155. The predicted molar refractivity (Wildman–Crippen MR) is 91.3 cm³/mol. The summed E-state index contributed by atoms with van der Waals surface area (Å²) in [6.45, 7) is 2.91. The van der Waals surface area contributed by atoms with Crippen LogP contribution in [0.3, 0.4) is 0 Å². The number of carbonyl (C=O) groups is 2. The number of hydrogen-bond acceptors (Lipinski definition) is 4. The highest BCUT2D eigenvalue weighted by Crippen LogP contribution is 2.42. The highest BCUT2D eigenvalue weighted by atomic mass is 19.4. The van der Waals surface area contributed by atoms with Crippen LogP contribution in [0.15, 0.2) is 18.2 Å². The number of nitrogens with zero attached hydrogens (tertiary/aromatic N) is 1. The molecule has 1 N–H and O–H groups in total. The van der Waals surface area contributed by atoms with Gasteiger partial charge in [0.25, 0.3) is 0 Å². The first kappa shape index (κ1) is 19.0. The van der Waals surface area contributed by atoms with Crippen molar-refractivity contribution in [3.8, 4) is 0 Å². The Morgan fingerprint density at radius 1 is 1.36 bits per heavy atom. The van der Waals surface area contributed by atoms with E-state index in [4.69, 9.17) is 9.47 Å². The molecule has 9 heteroatoms. The first-order valence-electron chi connectivity index (χ1n) is 9.17. The van der Waals surface area contributed by atoms with E-state index in [1.165, 1.54) is 19.1 Å². The largest absolute Gasteiger partial charge is 0.447 e.